The molecular formula is C10H12BrF. The topological polar surface area (TPSA) is 0 Å². The second-order valence-corrected chi connectivity index (χ2v) is 3.89. The highest BCUT2D eigenvalue weighted by atomic mass is 79.9. The van der Waals surface area contributed by atoms with Crippen LogP contribution in [0.2, 0.25) is 0 Å². The van der Waals surface area contributed by atoms with Crippen LogP contribution >= 0.6 is 15.9 Å². The van der Waals surface area contributed by atoms with Gasteiger partial charge in [0.25, 0.3) is 0 Å². The minimum atomic E-state index is -0.104. The van der Waals surface area contributed by atoms with Gasteiger partial charge in [0.2, 0.25) is 0 Å². The van der Waals surface area contributed by atoms with Crippen LogP contribution in [0.15, 0.2) is 22.7 Å². The zero-order chi connectivity index (χ0) is 9.14. The third kappa shape index (κ3) is 2.07. The van der Waals surface area contributed by atoms with Crippen LogP contribution in [-0.2, 0) is 0 Å². The van der Waals surface area contributed by atoms with E-state index in [2.05, 4.69) is 22.9 Å². The molecule has 0 N–H and O–H groups in total. The fourth-order valence-corrected chi connectivity index (χ4v) is 1.49. The van der Waals surface area contributed by atoms with Gasteiger partial charge in [-0.2, -0.15) is 0 Å². The van der Waals surface area contributed by atoms with Crippen LogP contribution in [0.5, 0.6) is 0 Å². The first-order valence-electron chi connectivity index (χ1n) is 4.10. The number of benzene rings is 1. The van der Waals surface area contributed by atoms with E-state index in [0.717, 1.165) is 16.5 Å². The van der Waals surface area contributed by atoms with Crippen LogP contribution in [0, 0.1) is 5.82 Å². The summed E-state index contributed by atoms with van der Waals surface area (Å²) in [5.41, 5.74) is 0.798. The van der Waals surface area contributed by atoms with Gasteiger partial charge >= 0.3 is 0 Å². The second kappa shape index (κ2) is 4.04. The molecule has 0 nitrogen and oxygen atoms in total. The van der Waals surface area contributed by atoms with E-state index in [1.807, 2.05) is 13.0 Å². The first kappa shape index (κ1) is 9.72. The van der Waals surface area contributed by atoms with Crippen LogP contribution in [0.1, 0.15) is 31.7 Å². The van der Waals surface area contributed by atoms with Crippen molar-refractivity contribution in [3.63, 3.8) is 0 Å². The fourth-order valence-electron chi connectivity index (χ4n) is 1.11. The van der Waals surface area contributed by atoms with Crippen molar-refractivity contribution >= 4 is 15.9 Å². The van der Waals surface area contributed by atoms with Gasteiger partial charge in [-0.3, -0.25) is 0 Å². The van der Waals surface area contributed by atoms with E-state index in [-0.39, 0.29) is 5.82 Å². The smallest absolute Gasteiger partial charge is 0.126 e. The summed E-state index contributed by atoms with van der Waals surface area (Å²) in [5, 5.41) is 0. The van der Waals surface area contributed by atoms with Gasteiger partial charge in [0, 0.05) is 4.47 Å². The Hall–Kier alpha value is -0.370. The molecule has 12 heavy (non-hydrogen) atoms. The summed E-state index contributed by atoms with van der Waals surface area (Å²) in [4.78, 5) is 0. The summed E-state index contributed by atoms with van der Waals surface area (Å²) in [6.07, 6.45) is 0.966. The summed E-state index contributed by atoms with van der Waals surface area (Å²) < 4.78 is 14.1. The van der Waals surface area contributed by atoms with E-state index in [4.69, 9.17) is 0 Å². The summed E-state index contributed by atoms with van der Waals surface area (Å²) >= 11 is 3.33. The third-order valence-corrected chi connectivity index (χ3v) is 2.59. The fraction of sp³-hybridized carbons (Fsp3) is 0.400. The van der Waals surface area contributed by atoms with Crippen LogP contribution in [0.4, 0.5) is 4.39 Å². The van der Waals surface area contributed by atoms with E-state index < -0.39 is 0 Å². The number of halogens is 2. The number of hydrogen-bond donors (Lipinski definition) is 0. The predicted octanol–water partition coefficient (Wildman–Crippen LogP) is 4.10. The van der Waals surface area contributed by atoms with Gasteiger partial charge in [0.1, 0.15) is 5.82 Å². The maximum Gasteiger partial charge on any atom is 0.126 e. The lowest BCUT2D eigenvalue weighted by molar-refractivity contribution is 0.583. The predicted molar refractivity (Wildman–Crippen MR) is 52.8 cm³/mol. The molecule has 0 saturated carbocycles. The van der Waals surface area contributed by atoms with Crippen molar-refractivity contribution in [1.29, 1.82) is 0 Å². The monoisotopic (exact) mass is 230 g/mol. The van der Waals surface area contributed by atoms with Gasteiger partial charge in [-0.15, -0.1) is 0 Å². The quantitative estimate of drug-likeness (QED) is 0.718. The molecule has 0 aliphatic carbocycles. The standard InChI is InChI=1S/C10H12BrF/c1-3-7(2)9-6-8(11)4-5-10(9)12/h4-7H,3H2,1-2H3. The third-order valence-electron chi connectivity index (χ3n) is 2.10. The minimum absolute atomic E-state index is 0.104. The molecule has 0 amide bonds. The lowest BCUT2D eigenvalue weighted by Crippen LogP contribution is -1.95. The summed E-state index contributed by atoms with van der Waals surface area (Å²) in [6.45, 7) is 4.09. The van der Waals surface area contributed by atoms with E-state index in [1.54, 1.807) is 6.07 Å². The maximum atomic E-state index is 13.2. The van der Waals surface area contributed by atoms with Gasteiger partial charge in [-0.25, -0.2) is 4.39 Å². The Morgan fingerprint density at radius 3 is 2.75 bits per heavy atom. The van der Waals surface area contributed by atoms with E-state index in [1.165, 1.54) is 6.07 Å². The highest BCUT2D eigenvalue weighted by Crippen LogP contribution is 2.24. The molecule has 1 atom stereocenters. The van der Waals surface area contributed by atoms with E-state index >= 15 is 0 Å². The lowest BCUT2D eigenvalue weighted by Gasteiger charge is -2.09. The molecule has 1 aromatic carbocycles. The van der Waals surface area contributed by atoms with Gasteiger partial charge in [0.05, 0.1) is 0 Å². The van der Waals surface area contributed by atoms with Gasteiger partial charge in [-0.05, 0) is 36.1 Å². The van der Waals surface area contributed by atoms with Crippen molar-refractivity contribution < 1.29 is 4.39 Å². The first-order chi connectivity index (χ1) is 5.65. The van der Waals surface area contributed by atoms with Crippen LogP contribution < -0.4 is 0 Å². The molecule has 1 aromatic rings. The SMILES string of the molecule is CCC(C)c1cc(Br)ccc1F. The Bertz CT molecular complexity index is 271. The van der Waals surface area contributed by atoms with Crippen LogP contribution in [0.25, 0.3) is 0 Å². The molecule has 0 bridgehead atoms. The molecule has 0 aliphatic heterocycles. The van der Waals surface area contributed by atoms with Gasteiger partial charge < -0.3 is 0 Å². The summed E-state index contributed by atoms with van der Waals surface area (Å²) in [6, 6.07) is 5.08. The Balaban J connectivity index is 3.04. The lowest BCUT2D eigenvalue weighted by atomic mass is 9.98. The zero-order valence-electron chi connectivity index (χ0n) is 7.27. The van der Waals surface area contributed by atoms with Crippen molar-refractivity contribution in [1.82, 2.24) is 0 Å². The molecule has 0 saturated heterocycles. The van der Waals surface area contributed by atoms with Crippen LogP contribution in [-0.4, -0.2) is 0 Å². The molecule has 2 heteroatoms. The molecule has 0 aromatic heterocycles. The molecule has 0 heterocycles. The molecule has 0 radical (unpaired) electrons. The Morgan fingerprint density at radius 1 is 1.50 bits per heavy atom. The summed E-state index contributed by atoms with van der Waals surface area (Å²) in [5.74, 6) is 0.190. The van der Waals surface area contributed by atoms with Crippen molar-refractivity contribution in [2.75, 3.05) is 0 Å². The van der Waals surface area contributed by atoms with Crippen molar-refractivity contribution in [3.05, 3.63) is 34.1 Å². The molecule has 0 aliphatic rings. The minimum Gasteiger partial charge on any atom is -0.207 e. The maximum absolute atomic E-state index is 13.2. The molecule has 1 rings (SSSR count). The second-order valence-electron chi connectivity index (χ2n) is 2.98. The van der Waals surface area contributed by atoms with Crippen LogP contribution in [0.3, 0.4) is 0 Å². The average molecular weight is 231 g/mol. The van der Waals surface area contributed by atoms with E-state index in [0.29, 0.717) is 5.92 Å². The molecule has 0 spiro atoms. The van der Waals surface area contributed by atoms with Crippen molar-refractivity contribution in [2.24, 2.45) is 0 Å². The Kier molecular flexibility index (Phi) is 3.27. The summed E-state index contributed by atoms with van der Waals surface area (Å²) in [7, 11) is 0. The highest BCUT2D eigenvalue weighted by molar-refractivity contribution is 9.10. The van der Waals surface area contributed by atoms with Gasteiger partial charge in [0.15, 0.2) is 0 Å². The number of rotatable bonds is 2. The van der Waals surface area contributed by atoms with E-state index in [9.17, 15) is 4.39 Å². The molecule has 66 valence electrons. The molecule has 1 unspecified atom stereocenters. The van der Waals surface area contributed by atoms with Crippen molar-refractivity contribution in [2.45, 2.75) is 26.2 Å². The Labute approximate surface area is 80.9 Å². The van der Waals surface area contributed by atoms with Gasteiger partial charge in [-0.1, -0.05) is 29.8 Å². The number of hydrogen-bond acceptors (Lipinski definition) is 0. The Morgan fingerprint density at radius 2 is 2.17 bits per heavy atom. The zero-order valence-corrected chi connectivity index (χ0v) is 8.86. The average Bonchev–Trinajstić information content (AvgIpc) is 2.08. The highest BCUT2D eigenvalue weighted by Gasteiger charge is 2.08. The largest absolute Gasteiger partial charge is 0.207 e. The van der Waals surface area contributed by atoms with Crippen molar-refractivity contribution in [3.8, 4) is 0 Å². The first-order valence-corrected chi connectivity index (χ1v) is 4.89. The molecule has 0 fully saturated rings. The molecular weight excluding hydrogens is 219 g/mol. The normalized spacial score (nSPS) is 13.0.